The number of allylic oxidation sites excluding steroid dienone is 3. The van der Waals surface area contributed by atoms with Crippen molar-refractivity contribution >= 4 is 0 Å². The van der Waals surface area contributed by atoms with Crippen molar-refractivity contribution in [2.75, 3.05) is 7.05 Å². The summed E-state index contributed by atoms with van der Waals surface area (Å²) in [6, 6.07) is 0. The summed E-state index contributed by atoms with van der Waals surface area (Å²) in [5.41, 5.74) is 1.31. The van der Waals surface area contributed by atoms with Gasteiger partial charge in [-0.25, -0.2) is 0 Å². The van der Waals surface area contributed by atoms with E-state index in [1.165, 1.54) is 5.57 Å². The van der Waals surface area contributed by atoms with Gasteiger partial charge in [0.1, 0.15) is 0 Å². The highest BCUT2D eigenvalue weighted by Crippen LogP contribution is 1.89. The summed E-state index contributed by atoms with van der Waals surface area (Å²) in [5.74, 6) is 0. The van der Waals surface area contributed by atoms with E-state index in [-0.39, 0.29) is 0 Å². The van der Waals surface area contributed by atoms with Gasteiger partial charge in [0.15, 0.2) is 0 Å². The molecule has 1 heteroatoms. The zero-order chi connectivity index (χ0) is 6.41. The zero-order valence-corrected chi connectivity index (χ0v) is 5.81. The molecule has 0 aromatic rings. The molecule has 0 amide bonds. The van der Waals surface area contributed by atoms with Gasteiger partial charge in [-0.15, -0.1) is 0 Å². The minimum atomic E-state index is 1.31. The molecule has 0 rings (SSSR count). The van der Waals surface area contributed by atoms with Gasteiger partial charge in [0, 0.05) is 0 Å². The predicted octanol–water partition coefficient (Wildman–Crippen LogP) is 0.660. The molecule has 8 heavy (non-hydrogen) atoms. The summed E-state index contributed by atoms with van der Waals surface area (Å²) >= 11 is 0. The van der Waals surface area contributed by atoms with E-state index in [2.05, 4.69) is 19.1 Å². The number of hydrogen-bond donors (Lipinski definition) is 1. The van der Waals surface area contributed by atoms with Gasteiger partial charge < -0.3 is 5.32 Å². The average Bonchev–Trinajstić information content (AvgIpc) is 1.83. The fraction of sp³-hybridized carbons (Fsp3) is 0.429. The Labute approximate surface area is 51.1 Å². The Balaban J connectivity index is 3.53. The fourth-order valence-corrected chi connectivity index (χ4v) is 0.344. The topological polar surface area (TPSA) is 16.6 Å². The van der Waals surface area contributed by atoms with Gasteiger partial charge in [-0.1, -0.05) is 11.6 Å². The Bertz CT molecular complexity index is 101. The van der Waals surface area contributed by atoms with E-state index in [1.54, 1.807) is 0 Å². The second-order valence-corrected chi connectivity index (χ2v) is 1.73. The first-order valence-electron chi connectivity index (χ1n) is 2.90. The van der Waals surface area contributed by atoms with E-state index >= 15 is 0 Å². The van der Waals surface area contributed by atoms with Gasteiger partial charge in [0.2, 0.25) is 0 Å². The maximum atomic E-state index is 2.08. The molecule has 0 atom stereocenters. The van der Waals surface area contributed by atoms with Crippen LogP contribution in [-0.4, -0.2) is 7.05 Å². The summed E-state index contributed by atoms with van der Waals surface area (Å²) in [7, 11) is 2.01. The molecule has 2 N–H and O–H groups in total. The van der Waals surface area contributed by atoms with Crippen LogP contribution < -0.4 is 5.32 Å². The molecule has 0 aliphatic heterocycles. The van der Waals surface area contributed by atoms with Crippen LogP contribution in [0.2, 0.25) is 0 Å². The molecule has 0 saturated carbocycles. The van der Waals surface area contributed by atoms with Crippen LogP contribution in [0.3, 0.4) is 0 Å². The number of rotatable bonds is 2. The summed E-state index contributed by atoms with van der Waals surface area (Å²) in [5, 5.41) is 2.02. The van der Waals surface area contributed by atoms with Gasteiger partial charge in [-0.3, -0.25) is 0 Å². The molecule has 0 fully saturated rings. The summed E-state index contributed by atoms with van der Waals surface area (Å²) in [6.07, 6.45) is 6.20. The standard InChI is InChI=1S/C7H13N/c1-4-7(2)5-6-8-3/h4-6,8H,1-3H3/p+1/b6-5-,7-4-. The van der Waals surface area contributed by atoms with Gasteiger partial charge in [-0.2, -0.15) is 0 Å². The molecule has 1 nitrogen and oxygen atoms in total. The van der Waals surface area contributed by atoms with E-state index in [0.717, 1.165) is 0 Å². The first kappa shape index (κ1) is 7.44. The molecule has 0 aromatic heterocycles. The lowest BCUT2D eigenvalue weighted by Gasteiger charge is -1.83. The Morgan fingerprint density at radius 3 is 2.50 bits per heavy atom. The van der Waals surface area contributed by atoms with Crippen molar-refractivity contribution in [2.45, 2.75) is 13.8 Å². The monoisotopic (exact) mass is 112 g/mol. The van der Waals surface area contributed by atoms with Crippen LogP contribution in [0.5, 0.6) is 0 Å². The van der Waals surface area contributed by atoms with Crippen LogP contribution >= 0.6 is 0 Å². The van der Waals surface area contributed by atoms with Crippen molar-refractivity contribution in [3.63, 3.8) is 0 Å². The largest absolute Gasteiger partial charge is 0.322 e. The maximum absolute atomic E-state index is 2.08. The minimum absolute atomic E-state index is 1.31. The first-order valence-corrected chi connectivity index (χ1v) is 2.90. The van der Waals surface area contributed by atoms with Gasteiger partial charge in [-0.05, 0) is 19.9 Å². The van der Waals surface area contributed by atoms with Crippen LogP contribution in [0.1, 0.15) is 13.8 Å². The Morgan fingerprint density at radius 1 is 1.50 bits per heavy atom. The van der Waals surface area contributed by atoms with E-state index in [4.69, 9.17) is 0 Å². The summed E-state index contributed by atoms with van der Waals surface area (Å²) in [4.78, 5) is 0. The lowest BCUT2D eigenvalue weighted by molar-refractivity contribution is -0.556. The van der Waals surface area contributed by atoms with Crippen molar-refractivity contribution in [1.82, 2.24) is 0 Å². The fourth-order valence-electron chi connectivity index (χ4n) is 0.344. The highest BCUT2D eigenvalue weighted by Gasteiger charge is 1.74. The van der Waals surface area contributed by atoms with E-state index < -0.39 is 0 Å². The van der Waals surface area contributed by atoms with Crippen molar-refractivity contribution in [1.29, 1.82) is 0 Å². The molecule has 0 heterocycles. The smallest absolute Gasteiger partial charge is 0.0926 e. The lowest BCUT2D eigenvalue weighted by atomic mass is 10.3. The Hall–Kier alpha value is -0.560. The molecule has 0 aliphatic rings. The van der Waals surface area contributed by atoms with Crippen LogP contribution in [-0.2, 0) is 0 Å². The molecule has 0 aliphatic carbocycles. The van der Waals surface area contributed by atoms with Crippen LogP contribution in [0.15, 0.2) is 23.9 Å². The van der Waals surface area contributed by atoms with Gasteiger partial charge in [0.25, 0.3) is 0 Å². The molecular formula is C7H14N+. The molecular weight excluding hydrogens is 98.1 g/mol. The molecule has 0 spiro atoms. The molecule has 0 aromatic carbocycles. The third-order valence-corrected chi connectivity index (χ3v) is 1.01. The van der Waals surface area contributed by atoms with Gasteiger partial charge in [0.05, 0.1) is 13.2 Å². The first-order chi connectivity index (χ1) is 3.81. The Morgan fingerprint density at radius 2 is 2.12 bits per heavy atom. The lowest BCUT2D eigenvalue weighted by Crippen LogP contribution is -2.72. The van der Waals surface area contributed by atoms with Crippen LogP contribution in [0, 0.1) is 0 Å². The zero-order valence-electron chi connectivity index (χ0n) is 5.81. The normalized spacial score (nSPS) is 13.1. The molecule has 0 saturated heterocycles. The highest BCUT2D eigenvalue weighted by molar-refractivity contribution is 5.12. The summed E-state index contributed by atoms with van der Waals surface area (Å²) < 4.78 is 0. The second kappa shape index (κ2) is 4.60. The predicted molar refractivity (Wildman–Crippen MR) is 36.4 cm³/mol. The molecule has 0 radical (unpaired) electrons. The second-order valence-electron chi connectivity index (χ2n) is 1.73. The van der Waals surface area contributed by atoms with Crippen LogP contribution in [0.4, 0.5) is 0 Å². The Kier molecular flexibility index (Phi) is 4.27. The van der Waals surface area contributed by atoms with Crippen molar-refractivity contribution in [3.05, 3.63) is 23.9 Å². The minimum Gasteiger partial charge on any atom is -0.322 e. The van der Waals surface area contributed by atoms with Crippen molar-refractivity contribution in [3.8, 4) is 0 Å². The quantitative estimate of drug-likeness (QED) is 0.505. The van der Waals surface area contributed by atoms with Crippen molar-refractivity contribution in [2.24, 2.45) is 0 Å². The van der Waals surface area contributed by atoms with E-state index in [1.807, 2.05) is 25.5 Å². The van der Waals surface area contributed by atoms with Crippen LogP contribution in [0.25, 0.3) is 0 Å². The third-order valence-electron chi connectivity index (χ3n) is 1.01. The SMILES string of the molecule is C/C=C(C)\C=C/[NH2+]C. The van der Waals surface area contributed by atoms with E-state index in [9.17, 15) is 0 Å². The van der Waals surface area contributed by atoms with Gasteiger partial charge >= 0.3 is 0 Å². The van der Waals surface area contributed by atoms with E-state index in [0.29, 0.717) is 0 Å². The maximum Gasteiger partial charge on any atom is 0.0926 e. The summed E-state index contributed by atoms with van der Waals surface area (Å²) in [6.45, 7) is 4.12. The highest BCUT2D eigenvalue weighted by atomic mass is 14.8. The number of hydrogen-bond acceptors (Lipinski definition) is 0. The molecule has 0 bridgehead atoms. The van der Waals surface area contributed by atoms with Crippen molar-refractivity contribution < 1.29 is 5.32 Å². The molecule has 0 unspecified atom stereocenters. The average molecular weight is 112 g/mol. The third kappa shape index (κ3) is 3.62. The molecule has 46 valence electrons. The number of nitrogens with two attached hydrogens (primary N) is 1. The number of quaternary nitrogens is 1.